The lowest BCUT2D eigenvalue weighted by Crippen LogP contribution is -2.30. The van der Waals surface area contributed by atoms with Gasteiger partial charge in [0.05, 0.1) is 5.71 Å². The topological polar surface area (TPSA) is 83.7 Å². The summed E-state index contributed by atoms with van der Waals surface area (Å²) in [7, 11) is 0. The lowest BCUT2D eigenvalue weighted by Gasteiger charge is -2.13. The highest BCUT2D eigenvalue weighted by molar-refractivity contribution is 6.07. The number of hydrogen-bond acceptors (Lipinski definition) is 4. The molecule has 0 bridgehead atoms. The number of hydrogen-bond donors (Lipinski definition) is 2. The predicted octanol–water partition coefficient (Wildman–Crippen LogP) is 3.34. The molecule has 0 unspecified atom stereocenters. The number of nitrogens with one attached hydrogen (secondary N) is 2. The first-order chi connectivity index (χ1) is 12.9. The van der Waals surface area contributed by atoms with Gasteiger partial charge in [-0.25, -0.2) is 9.82 Å². The molecule has 0 saturated heterocycles. The van der Waals surface area contributed by atoms with Crippen LogP contribution in [0.5, 0.6) is 0 Å². The van der Waals surface area contributed by atoms with E-state index >= 15 is 0 Å². The molecule has 142 valence electrons. The van der Waals surface area contributed by atoms with E-state index in [2.05, 4.69) is 15.8 Å². The van der Waals surface area contributed by atoms with Crippen LogP contribution in [0.2, 0.25) is 0 Å². The van der Waals surface area contributed by atoms with Crippen molar-refractivity contribution in [3.8, 4) is 0 Å². The maximum Gasteiger partial charge on any atom is 0.287 e. The van der Waals surface area contributed by atoms with Crippen molar-refractivity contribution < 1.29 is 18.4 Å². The van der Waals surface area contributed by atoms with Crippen LogP contribution < -0.4 is 10.7 Å². The van der Waals surface area contributed by atoms with Gasteiger partial charge in [0.25, 0.3) is 11.8 Å². The van der Waals surface area contributed by atoms with E-state index in [9.17, 15) is 14.0 Å². The molecule has 2 aromatic rings. The maximum atomic E-state index is 13.0. The van der Waals surface area contributed by atoms with Crippen LogP contribution in [-0.4, -0.2) is 23.6 Å². The molecule has 2 amide bonds. The second-order valence-corrected chi connectivity index (χ2v) is 6.84. The van der Waals surface area contributed by atoms with E-state index in [1.165, 1.54) is 24.3 Å². The third kappa shape index (κ3) is 4.07. The molecular formula is C20H22FN3O3. The fourth-order valence-electron chi connectivity index (χ4n) is 3.11. The van der Waals surface area contributed by atoms with E-state index < -0.39 is 11.7 Å². The molecule has 1 aliphatic rings. The van der Waals surface area contributed by atoms with Crippen LogP contribution in [0, 0.1) is 12.7 Å². The van der Waals surface area contributed by atoms with Gasteiger partial charge in [0.2, 0.25) is 0 Å². The van der Waals surface area contributed by atoms with Crippen LogP contribution in [0.1, 0.15) is 64.5 Å². The van der Waals surface area contributed by atoms with Crippen molar-refractivity contribution in [3.63, 3.8) is 0 Å². The standard InChI is InChI=1S/C20H22FN3O3/c1-11(2)22-20(26)18-12(3)17-15(5-4-6-16(17)27-18)23-24-19(25)13-7-9-14(21)10-8-13/h7-11H,4-6H2,1-3H3,(H,22,26)(H,24,25)/b23-15+. The quantitative estimate of drug-likeness (QED) is 0.809. The van der Waals surface area contributed by atoms with E-state index in [0.29, 0.717) is 23.5 Å². The Labute approximate surface area is 156 Å². The molecule has 0 atom stereocenters. The highest BCUT2D eigenvalue weighted by atomic mass is 19.1. The molecule has 0 spiro atoms. The number of hydrazone groups is 1. The molecule has 1 aliphatic carbocycles. The number of aryl methyl sites for hydroxylation is 1. The summed E-state index contributed by atoms with van der Waals surface area (Å²) in [4.78, 5) is 24.5. The predicted molar refractivity (Wildman–Crippen MR) is 99.4 cm³/mol. The SMILES string of the molecule is Cc1c(C(=O)NC(C)C)oc2c1/C(=N/NC(=O)c1ccc(F)cc1)CCC2. The number of furan rings is 1. The van der Waals surface area contributed by atoms with Crippen molar-refractivity contribution >= 4 is 17.5 Å². The van der Waals surface area contributed by atoms with Gasteiger partial charge < -0.3 is 9.73 Å². The number of carbonyl (C=O) groups is 2. The van der Waals surface area contributed by atoms with Crippen LogP contribution in [0.4, 0.5) is 4.39 Å². The molecule has 2 N–H and O–H groups in total. The van der Waals surface area contributed by atoms with Crippen molar-refractivity contribution in [3.05, 3.63) is 58.3 Å². The molecule has 1 heterocycles. The Balaban J connectivity index is 1.84. The lowest BCUT2D eigenvalue weighted by atomic mass is 9.93. The van der Waals surface area contributed by atoms with Crippen molar-refractivity contribution in [1.82, 2.24) is 10.7 Å². The number of nitrogens with zero attached hydrogens (tertiary/aromatic N) is 1. The first-order valence-corrected chi connectivity index (χ1v) is 8.92. The van der Waals surface area contributed by atoms with Crippen LogP contribution in [0.15, 0.2) is 33.8 Å². The summed E-state index contributed by atoms with van der Waals surface area (Å²) in [6.07, 6.45) is 2.20. The van der Waals surface area contributed by atoms with Gasteiger partial charge in [0.1, 0.15) is 11.6 Å². The summed E-state index contributed by atoms with van der Waals surface area (Å²) >= 11 is 0. The number of halogens is 1. The van der Waals surface area contributed by atoms with Gasteiger partial charge in [-0.05, 0) is 57.9 Å². The van der Waals surface area contributed by atoms with Gasteiger partial charge in [0.15, 0.2) is 5.76 Å². The largest absolute Gasteiger partial charge is 0.455 e. The third-order valence-corrected chi connectivity index (χ3v) is 4.35. The molecule has 1 aromatic carbocycles. The molecule has 1 aromatic heterocycles. The summed E-state index contributed by atoms with van der Waals surface area (Å²) in [5.41, 5.74) is 5.01. The Kier molecular flexibility index (Phi) is 5.39. The normalized spacial score (nSPS) is 14.9. The summed E-state index contributed by atoms with van der Waals surface area (Å²) in [5, 5.41) is 7.08. The number of benzene rings is 1. The minimum atomic E-state index is -0.423. The van der Waals surface area contributed by atoms with Crippen LogP contribution >= 0.6 is 0 Å². The van der Waals surface area contributed by atoms with Gasteiger partial charge in [-0.15, -0.1) is 0 Å². The Morgan fingerprint density at radius 1 is 1.15 bits per heavy atom. The zero-order valence-corrected chi connectivity index (χ0v) is 15.6. The molecule has 3 rings (SSSR count). The highest BCUT2D eigenvalue weighted by Crippen LogP contribution is 2.29. The Morgan fingerprint density at radius 3 is 2.52 bits per heavy atom. The van der Waals surface area contributed by atoms with Crippen molar-refractivity contribution in [2.45, 2.75) is 46.1 Å². The molecule has 0 fully saturated rings. The molecule has 27 heavy (non-hydrogen) atoms. The van der Waals surface area contributed by atoms with Crippen LogP contribution in [-0.2, 0) is 6.42 Å². The molecule has 7 heteroatoms. The number of rotatable bonds is 4. The fraction of sp³-hybridized carbons (Fsp3) is 0.350. The van der Waals surface area contributed by atoms with Crippen LogP contribution in [0.25, 0.3) is 0 Å². The molecule has 0 saturated carbocycles. The summed E-state index contributed by atoms with van der Waals surface area (Å²) in [6, 6.07) is 5.24. The maximum absolute atomic E-state index is 13.0. The highest BCUT2D eigenvalue weighted by Gasteiger charge is 2.28. The van der Waals surface area contributed by atoms with E-state index in [1.807, 2.05) is 20.8 Å². The van der Waals surface area contributed by atoms with Crippen molar-refractivity contribution in [1.29, 1.82) is 0 Å². The molecule has 0 aliphatic heterocycles. The third-order valence-electron chi connectivity index (χ3n) is 4.35. The number of amides is 2. The summed E-state index contributed by atoms with van der Waals surface area (Å²) in [6.45, 7) is 5.59. The molecule has 6 nitrogen and oxygen atoms in total. The first-order valence-electron chi connectivity index (χ1n) is 8.92. The smallest absolute Gasteiger partial charge is 0.287 e. The molecule has 0 radical (unpaired) electrons. The Bertz CT molecular complexity index is 898. The average Bonchev–Trinajstić information content (AvgIpc) is 2.97. The lowest BCUT2D eigenvalue weighted by molar-refractivity contribution is 0.0911. The Hall–Kier alpha value is -2.96. The fourth-order valence-corrected chi connectivity index (χ4v) is 3.11. The van der Waals surface area contributed by atoms with Crippen molar-refractivity contribution in [2.24, 2.45) is 5.10 Å². The minimum Gasteiger partial charge on any atom is -0.455 e. The number of fused-ring (bicyclic) bond motifs is 1. The van der Waals surface area contributed by atoms with Crippen LogP contribution in [0.3, 0.4) is 0 Å². The minimum absolute atomic E-state index is 0.00200. The van der Waals surface area contributed by atoms with Gasteiger partial charge >= 0.3 is 0 Å². The van der Waals surface area contributed by atoms with E-state index in [4.69, 9.17) is 4.42 Å². The van der Waals surface area contributed by atoms with Gasteiger partial charge in [-0.2, -0.15) is 5.10 Å². The monoisotopic (exact) mass is 371 g/mol. The summed E-state index contributed by atoms with van der Waals surface area (Å²) in [5.74, 6) is -0.0910. The second-order valence-electron chi connectivity index (χ2n) is 6.84. The number of carbonyl (C=O) groups excluding carboxylic acids is 2. The van der Waals surface area contributed by atoms with E-state index in [1.54, 1.807) is 0 Å². The summed E-state index contributed by atoms with van der Waals surface area (Å²) < 4.78 is 18.8. The van der Waals surface area contributed by atoms with Gasteiger partial charge in [0, 0.05) is 29.2 Å². The van der Waals surface area contributed by atoms with Crippen molar-refractivity contribution in [2.75, 3.05) is 0 Å². The van der Waals surface area contributed by atoms with E-state index in [0.717, 1.165) is 24.0 Å². The Morgan fingerprint density at radius 2 is 1.85 bits per heavy atom. The van der Waals surface area contributed by atoms with E-state index in [-0.39, 0.29) is 17.7 Å². The molecular weight excluding hydrogens is 349 g/mol. The van der Waals surface area contributed by atoms with Gasteiger partial charge in [-0.1, -0.05) is 0 Å². The average molecular weight is 371 g/mol. The first kappa shape index (κ1) is 18.8. The second kappa shape index (κ2) is 7.73. The zero-order chi connectivity index (χ0) is 19.6. The van der Waals surface area contributed by atoms with Gasteiger partial charge in [-0.3, -0.25) is 9.59 Å². The zero-order valence-electron chi connectivity index (χ0n) is 15.6.